The van der Waals surface area contributed by atoms with Crippen LogP contribution in [0, 0.1) is 0 Å². The van der Waals surface area contributed by atoms with Crippen LogP contribution in [0.2, 0.25) is 0 Å². The van der Waals surface area contributed by atoms with Crippen molar-refractivity contribution in [2.75, 3.05) is 6.54 Å². The summed E-state index contributed by atoms with van der Waals surface area (Å²) in [6.45, 7) is 4.26. The molecule has 0 aliphatic carbocycles. The van der Waals surface area contributed by atoms with Gasteiger partial charge in [-0.1, -0.05) is 35.5 Å². The number of nitrogens with zero attached hydrogens (tertiary/aromatic N) is 6. The number of hydrogen-bond acceptors (Lipinski definition) is 5. The number of likely N-dealkylation sites (tertiary alicyclic amines) is 1. The highest BCUT2D eigenvalue weighted by molar-refractivity contribution is 5.93. The van der Waals surface area contributed by atoms with Crippen LogP contribution in [0.4, 0.5) is 0 Å². The summed E-state index contributed by atoms with van der Waals surface area (Å²) in [5.74, 6) is -0.283. The maximum atomic E-state index is 13.0. The molecule has 0 saturated carbocycles. The predicted octanol–water partition coefficient (Wildman–Crippen LogP) is 1.73. The van der Waals surface area contributed by atoms with Crippen LogP contribution >= 0.6 is 0 Å². The molecule has 30 heavy (non-hydrogen) atoms. The summed E-state index contributed by atoms with van der Waals surface area (Å²) in [7, 11) is 0. The van der Waals surface area contributed by atoms with Gasteiger partial charge in [-0.25, -0.2) is 4.68 Å². The fraction of sp³-hybridized carbons (Fsp3) is 0.381. The predicted molar refractivity (Wildman–Crippen MR) is 110 cm³/mol. The van der Waals surface area contributed by atoms with E-state index in [9.17, 15) is 9.59 Å². The van der Waals surface area contributed by atoms with E-state index >= 15 is 0 Å². The zero-order valence-corrected chi connectivity index (χ0v) is 16.9. The van der Waals surface area contributed by atoms with Gasteiger partial charge in [0.2, 0.25) is 0 Å². The fourth-order valence-corrected chi connectivity index (χ4v) is 3.78. The molecule has 2 amide bonds. The van der Waals surface area contributed by atoms with Crippen LogP contribution in [0.1, 0.15) is 46.3 Å². The highest BCUT2D eigenvalue weighted by atomic mass is 16.2. The smallest absolute Gasteiger partial charge is 0.273 e. The molecule has 9 heteroatoms. The molecule has 0 spiro atoms. The summed E-state index contributed by atoms with van der Waals surface area (Å²) >= 11 is 0. The third-order valence-corrected chi connectivity index (χ3v) is 5.34. The lowest BCUT2D eigenvalue weighted by molar-refractivity contribution is 0.0708. The Morgan fingerprint density at radius 3 is 2.83 bits per heavy atom. The van der Waals surface area contributed by atoms with Crippen molar-refractivity contribution >= 4 is 11.8 Å². The zero-order valence-electron chi connectivity index (χ0n) is 16.9. The number of aromatic nitrogens is 5. The number of carbonyl (C=O) groups is 2. The van der Waals surface area contributed by atoms with Gasteiger partial charge in [0.1, 0.15) is 5.69 Å². The molecule has 9 nitrogen and oxygen atoms in total. The van der Waals surface area contributed by atoms with Gasteiger partial charge in [-0.2, -0.15) is 5.10 Å². The summed E-state index contributed by atoms with van der Waals surface area (Å²) in [5.41, 5.74) is 1.89. The van der Waals surface area contributed by atoms with Crippen LogP contribution in [0.15, 0.2) is 48.8 Å². The Morgan fingerprint density at radius 1 is 1.20 bits per heavy atom. The van der Waals surface area contributed by atoms with Gasteiger partial charge >= 0.3 is 0 Å². The second-order valence-corrected chi connectivity index (χ2v) is 7.32. The van der Waals surface area contributed by atoms with E-state index < -0.39 is 0 Å². The number of hydrogen-bond donors (Lipinski definition) is 1. The molecule has 4 rings (SSSR count). The molecule has 0 bridgehead atoms. The Bertz CT molecular complexity index is 1010. The summed E-state index contributed by atoms with van der Waals surface area (Å²) in [6, 6.07) is 11.5. The third kappa shape index (κ3) is 4.24. The van der Waals surface area contributed by atoms with E-state index in [1.165, 1.54) is 0 Å². The first-order valence-corrected chi connectivity index (χ1v) is 10.2. The van der Waals surface area contributed by atoms with Crippen LogP contribution < -0.4 is 5.32 Å². The van der Waals surface area contributed by atoms with Gasteiger partial charge < -0.3 is 10.2 Å². The molecule has 1 atom stereocenters. The van der Waals surface area contributed by atoms with E-state index in [2.05, 4.69) is 20.7 Å². The molecule has 3 heterocycles. The van der Waals surface area contributed by atoms with E-state index in [0.29, 0.717) is 31.9 Å². The minimum Gasteiger partial charge on any atom is -0.347 e. The molecule has 1 aromatic carbocycles. The molecule has 1 fully saturated rings. The van der Waals surface area contributed by atoms with Crippen molar-refractivity contribution in [3.63, 3.8) is 0 Å². The van der Waals surface area contributed by atoms with Crippen molar-refractivity contribution in [3.8, 4) is 0 Å². The molecule has 1 aliphatic heterocycles. The second-order valence-electron chi connectivity index (χ2n) is 7.32. The lowest BCUT2D eigenvalue weighted by Crippen LogP contribution is -2.39. The molecular formula is C21H25N7O2. The van der Waals surface area contributed by atoms with Crippen LogP contribution in [0.3, 0.4) is 0 Å². The first-order chi connectivity index (χ1) is 14.7. The number of benzene rings is 1. The molecule has 156 valence electrons. The number of nitrogens with one attached hydrogen (secondary N) is 1. The van der Waals surface area contributed by atoms with Crippen LogP contribution in [-0.2, 0) is 19.6 Å². The molecular weight excluding hydrogens is 382 g/mol. The van der Waals surface area contributed by atoms with Gasteiger partial charge in [0.25, 0.3) is 11.8 Å². The quantitative estimate of drug-likeness (QED) is 0.643. The van der Waals surface area contributed by atoms with E-state index in [4.69, 9.17) is 0 Å². The molecule has 1 saturated heterocycles. The van der Waals surface area contributed by atoms with Crippen molar-refractivity contribution in [1.29, 1.82) is 0 Å². The van der Waals surface area contributed by atoms with Crippen molar-refractivity contribution in [1.82, 2.24) is 35.0 Å². The number of amides is 2. The van der Waals surface area contributed by atoms with E-state index in [1.807, 2.05) is 42.2 Å². The fourth-order valence-electron chi connectivity index (χ4n) is 3.78. The maximum Gasteiger partial charge on any atom is 0.273 e. The molecule has 2 aromatic heterocycles. The van der Waals surface area contributed by atoms with Gasteiger partial charge in [-0.3, -0.25) is 14.3 Å². The Balaban J connectivity index is 1.38. The summed E-state index contributed by atoms with van der Waals surface area (Å²) < 4.78 is 3.35. The van der Waals surface area contributed by atoms with E-state index in [-0.39, 0.29) is 23.6 Å². The average Bonchev–Trinajstić information content (AvgIpc) is 3.53. The first kappa shape index (κ1) is 19.8. The largest absolute Gasteiger partial charge is 0.347 e. The molecule has 3 aromatic rings. The lowest BCUT2D eigenvalue weighted by atomic mass is 10.2. The van der Waals surface area contributed by atoms with Crippen molar-refractivity contribution in [3.05, 3.63) is 65.7 Å². The monoisotopic (exact) mass is 407 g/mol. The Labute approximate surface area is 174 Å². The van der Waals surface area contributed by atoms with Gasteiger partial charge in [0, 0.05) is 25.8 Å². The highest BCUT2D eigenvalue weighted by Crippen LogP contribution is 2.21. The second kappa shape index (κ2) is 8.89. The topological polar surface area (TPSA) is 97.9 Å². The molecule has 0 radical (unpaired) electrons. The number of rotatable bonds is 7. The minimum absolute atomic E-state index is 0.0136. The van der Waals surface area contributed by atoms with Crippen molar-refractivity contribution in [2.24, 2.45) is 0 Å². The van der Waals surface area contributed by atoms with Gasteiger partial charge in [-0.15, -0.1) is 5.10 Å². The van der Waals surface area contributed by atoms with Crippen molar-refractivity contribution in [2.45, 2.75) is 45.4 Å². The molecule has 1 N–H and O–H groups in total. The van der Waals surface area contributed by atoms with Crippen LogP contribution in [0.25, 0.3) is 0 Å². The highest BCUT2D eigenvalue weighted by Gasteiger charge is 2.31. The Hall–Kier alpha value is -3.49. The summed E-state index contributed by atoms with van der Waals surface area (Å²) in [5, 5.41) is 15.1. The minimum atomic E-state index is -0.267. The standard InChI is InChI=1S/C21H25N7O2/c1-2-28-19(10-11-23-28)21(30)27-12-6-9-17(27)14-26-15-18(24-25-26)20(29)22-13-16-7-4-3-5-8-16/h3-5,7-8,10-11,15,17H,2,6,9,12-14H2,1H3,(H,22,29). The Kier molecular flexibility index (Phi) is 5.87. The zero-order chi connectivity index (χ0) is 20.9. The van der Waals surface area contributed by atoms with Crippen LogP contribution in [0.5, 0.6) is 0 Å². The number of carbonyl (C=O) groups excluding carboxylic acids is 2. The first-order valence-electron chi connectivity index (χ1n) is 10.2. The van der Waals surface area contributed by atoms with E-state index in [1.54, 1.807) is 27.8 Å². The maximum absolute atomic E-state index is 13.0. The van der Waals surface area contributed by atoms with Gasteiger partial charge in [-0.05, 0) is 31.4 Å². The van der Waals surface area contributed by atoms with Crippen LogP contribution in [-0.4, -0.2) is 54.1 Å². The summed E-state index contributed by atoms with van der Waals surface area (Å²) in [6.07, 6.45) is 5.12. The number of aryl methyl sites for hydroxylation is 1. The van der Waals surface area contributed by atoms with Gasteiger partial charge in [0.15, 0.2) is 5.69 Å². The SMILES string of the molecule is CCn1nccc1C(=O)N1CCCC1Cn1cc(C(=O)NCc2ccccc2)nn1. The lowest BCUT2D eigenvalue weighted by Gasteiger charge is -2.24. The van der Waals surface area contributed by atoms with Crippen molar-refractivity contribution < 1.29 is 9.59 Å². The van der Waals surface area contributed by atoms with Gasteiger partial charge in [0.05, 0.1) is 18.8 Å². The summed E-state index contributed by atoms with van der Waals surface area (Å²) in [4.78, 5) is 27.2. The third-order valence-electron chi connectivity index (χ3n) is 5.34. The Morgan fingerprint density at radius 2 is 2.03 bits per heavy atom. The van der Waals surface area contributed by atoms with E-state index in [0.717, 1.165) is 18.4 Å². The normalized spacial score (nSPS) is 16.0. The molecule has 1 unspecified atom stereocenters. The average molecular weight is 407 g/mol. The molecule has 1 aliphatic rings.